The van der Waals surface area contributed by atoms with E-state index in [1.54, 1.807) is 0 Å². The summed E-state index contributed by atoms with van der Waals surface area (Å²) in [7, 11) is -9.63. The molecule has 172 valence electrons. The van der Waals surface area contributed by atoms with Crippen molar-refractivity contribution in [1.29, 1.82) is 0 Å². The summed E-state index contributed by atoms with van der Waals surface area (Å²) in [5.41, 5.74) is 16.3. The van der Waals surface area contributed by atoms with E-state index < -0.39 is 30.0 Å². The lowest BCUT2D eigenvalue weighted by molar-refractivity contribution is 0.461. The second kappa shape index (κ2) is 8.82. The fourth-order valence-electron chi connectivity index (χ4n) is 2.36. The van der Waals surface area contributed by atoms with E-state index >= 15 is 0 Å². The van der Waals surface area contributed by atoms with E-state index in [0.717, 1.165) is 24.3 Å². The zero-order valence-electron chi connectivity index (χ0n) is 16.2. The minimum absolute atomic E-state index is 0.0428. The maximum Gasteiger partial charge on any atom is 0.224 e. The second-order valence-electron chi connectivity index (χ2n) is 6.16. The van der Waals surface area contributed by atoms with E-state index in [-0.39, 0.29) is 40.3 Å². The van der Waals surface area contributed by atoms with Crippen molar-refractivity contribution in [3.05, 3.63) is 42.5 Å². The summed E-state index contributed by atoms with van der Waals surface area (Å²) in [4.78, 5) is 6.10. The van der Waals surface area contributed by atoms with E-state index in [0.29, 0.717) is 0 Å². The lowest BCUT2D eigenvalue weighted by atomic mass is 10.3. The molecule has 0 bridgehead atoms. The molecular weight excluding hydrogens is 478 g/mol. The zero-order chi connectivity index (χ0) is 24.4. The summed E-state index contributed by atoms with van der Waals surface area (Å²) in [6, 6.07) is 7.83. The van der Waals surface area contributed by atoms with Gasteiger partial charge in [0.15, 0.2) is 17.3 Å². The molecule has 0 aliphatic carbocycles. The fourth-order valence-corrected chi connectivity index (χ4v) is 3.46. The summed E-state index contributed by atoms with van der Waals surface area (Å²) >= 11 is 0. The van der Waals surface area contributed by atoms with E-state index in [1.807, 2.05) is 0 Å². The van der Waals surface area contributed by atoms with E-state index in [9.17, 15) is 25.9 Å². The molecule has 0 radical (unpaired) electrons. The van der Waals surface area contributed by atoms with Crippen LogP contribution in [0.5, 0.6) is 0 Å². The Labute approximate surface area is 186 Å². The standard InChI is InChI=1S/C16H15N9O6S2/c17-14-13(15(18)21-16(19)20-14)25-24-11-6-3-9(7-12(11)33(29,30)31)23-22-8-1-4-10(5-2-8)32(26,27)28/h1-7H,(H,26,27,28)(H,29,30,31)(H6,17,18,19,20,21)/p-2. The van der Waals surface area contributed by atoms with Crippen molar-refractivity contribution in [3.8, 4) is 0 Å². The Morgan fingerprint density at radius 3 is 1.79 bits per heavy atom. The monoisotopic (exact) mass is 491 g/mol. The van der Waals surface area contributed by atoms with Crippen LogP contribution >= 0.6 is 0 Å². The van der Waals surface area contributed by atoms with Crippen LogP contribution in [0.2, 0.25) is 0 Å². The zero-order valence-corrected chi connectivity index (χ0v) is 17.9. The van der Waals surface area contributed by atoms with Crippen LogP contribution in [0.15, 0.2) is 72.7 Å². The molecule has 0 aliphatic heterocycles. The van der Waals surface area contributed by atoms with Crippen molar-refractivity contribution in [2.75, 3.05) is 17.2 Å². The van der Waals surface area contributed by atoms with Gasteiger partial charge in [-0.05, 0) is 42.5 Å². The predicted molar refractivity (Wildman–Crippen MR) is 112 cm³/mol. The Kier molecular flexibility index (Phi) is 6.31. The van der Waals surface area contributed by atoms with Crippen LogP contribution in [0.4, 0.5) is 40.3 Å². The minimum Gasteiger partial charge on any atom is -0.744 e. The first-order chi connectivity index (χ1) is 15.3. The molecule has 0 atom stereocenters. The van der Waals surface area contributed by atoms with E-state index in [1.165, 1.54) is 18.2 Å². The SMILES string of the molecule is Nc1nc(N)c(N=Nc2ccc(N=Nc3ccc(S(=O)(=O)[O-])cc3)cc2S(=O)(=O)[O-])c(N)n1. The van der Waals surface area contributed by atoms with Crippen molar-refractivity contribution in [3.63, 3.8) is 0 Å². The molecule has 15 nitrogen and oxygen atoms in total. The first-order valence-corrected chi connectivity index (χ1v) is 11.3. The highest BCUT2D eigenvalue weighted by Gasteiger charge is 2.12. The van der Waals surface area contributed by atoms with Gasteiger partial charge in [-0.1, -0.05) is 0 Å². The topological polar surface area (TPSA) is 268 Å². The molecule has 1 heterocycles. The van der Waals surface area contributed by atoms with Crippen LogP contribution in [0.25, 0.3) is 0 Å². The van der Waals surface area contributed by atoms with E-state index in [4.69, 9.17) is 17.2 Å². The Morgan fingerprint density at radius 2 is 1.24 bits per heavy atom. The second-order valence-corrected chi connectivity index (χ2v) is 8.88. The normalized spacial score (nSPS) is 12.5. The quantitative estimate of drug-likeness (QED) is 0.330. The smallest absolute Gasteiger partial charge is 0.224 e. The maximum absolute atomic E-state index is 11.7. The Hall–Kier alpha value is -4.06. The third-order valence-electron chi connectivity index (χ3n) is 3.83. The molecule has 0 spiro atoms. The van der Waals surface area contributed by atoms with Gasteiger partial charge in [0.25, 0.3) is 0 Å². The average Bonchev–Trinajstić information content (AvgIpc) is 2.71. The molecule has 0 aliphatic rings. The van der Waals surface area contributed by atoms with Crippen molar-refractivity contribution in [2.24, 2.45) is 20.5 Å². The van der Waals surface area contributed by atoms with Crippen molar-refractivity contribution >= 4 is 60.6 Å². The lowest BCUT2D eigenvalue weighted by Gasteiger charge is -2.10. The fraction of sp³-hybridized carbons (Fsp3) is 0. The first-order valence-electron chi connectivity index (χ1n) is 8.52. The summed E-state index contributed by atoms with van der Waals surface area (Å²) in [5.74, 6) is -0.626. The van der Waals surface area contributed by atoms with Crippen molar-refractivity contribution < 1.29 is 25.9 Å². The third kappa shape index (κ3) is 5.80. The molecule has 6 N–H and O–H groups in total. The average molecular weight is 491 g/mol. The summed E-state index contributed by atoms with van der Waals surface area (Å²) in [6.07, 6.45) is 0. The number of nitrogens with two attached hydrogens (primary N) is 3. The van der Waals surface area contributed by atoms with Crippen LogP contribution in [0, 0.1) is 0 Å². The number of rotatable bonds is 6. The van der Waals surface area contributed by atoms with Gasteiger partial charge < -0.3 is 26.3 Å². The van der Waals surface area contributed by atoms with E-state index in [2.05, 4.69) is 30.4 Å². The Balaban J connectivity index is 1.94. The first kappa shape index (κ1) is 23.6. The highest BCUT2D eigenvalue weighted by Crippen LogP contribution is 2.33. The number of anilines is 3. The third-order valence-corrected chi connectivity index (χ3v) is 5.55. The maximum atomic E-state index is 11.7. The molecule has 0 amide bonds. The van der Waals surface area contributed by atoms with Crippen molar-refractivity contribution in [1.82, 2.24) is 9.97 Å². The Morgan fingerprint density at radius 1 is 0.697 bits per heavy atom. The largest absolute Gasteiger partial charge is 0.744 e. The van der Waals surface area contributed by atoms with Gasteiger partial charge in [0.2, 0.25) is 5.95 Å². The number of hydrogen-bond donors (Lipinski definition) is 3. The van der Waals surface area contributed by atoms with Gasteiger partial charge in [-0.25, -0.2) is 16.8 Å². The van der Waals surface area contributed by atoms with Crippen molar-refractivity contribution in [2.45, 2.75) is 9.79 Å². The van der Waals surface area contributed by atoms with Crippen LogP contribution in [0.3, 0.4) is 0 Å². The molecule has 0 saturated carbocycles. The van der Waals surface area contributed by atoms with Gasteiger partial charge >= 0.3 is 0 Å². The Bertz CT molecular complexity index is 1460. The summed E-state index contributed by atoms with van der Waals surface area (Å²) in [6.45, 7) is 0. The summed E-state index contributed by atoms with van der Waals surface area (Å²) < 4.78 is 67.9. The molecule has 33 heavy (non-hydrogen) atoms. The van der Waals surface area contributed by atoms with Gasteiger partial charge in [0, 0.05) is 0 Å². The minimum atomic E-state index is -5.01. The number of hydrogen-bond acceptors (Lipinski definition) is 15. The molecule has 2 aromatic carbocycles. The van der Waals surface area contributed by atoms with Crippen LogP contribution < -0.4 is 17.2 Å². The van der Waals surface area contributed by atoms with Gasteiger partial charge in [0.05, 0.1) is 21.2 Å². The molecule has 0 saturated heterocycles. The molecular formula is C16H13N9O6S2-2. The lowest BCUT2D eigenvalue weighted by Crippen LogP contribution is -2.03. The number of nitrogens with zero attached hydrogens (tertiary/aromatic N) is 6. The molecule has 0 unspecified atom stereocenters. The molecule has 3 aromatic rings. The highest BCUT2D eigenvalue weighted by atomic mass is 32.2. The van der Waals surface area contributed by atoms with Crippen LogP contribution in [-0.2, 0) is 20.2 Å². The summed E-state index contributed by atoms with van der Waals surface area (Å²) in [5, 5.41) is 15.0. The van der Waals surface area contributed by atoms with Crippen LogP contribution in [0.1, 0.15) is 0 Å². The molecule has 1 aromatic heterocycles. The highest BCUT2D eigenvalue weighted by molar-refractivity contribution is 7.86. The number of benzene rings is 2. The number of aromatic nitrogens is 2. The molecule has 0 fully saturated rings. The predicted octanol–water partition coefficient (Wildman–Crippen LogP) is 1.86. The van der Waals surface area contributed by atoms with Gasteiger partial charge in [-0.3, -0.25) is 0 Å². The number of nitrogen functional groups attached to an aromatic ring is 3. The van der Waals surface area contributed by atoms with Crippen LogP contribution in [-0.4, -0.2) is 35.9 Å². The molecule has 17 heteroatoms. The van der Waals surface area contributed by atoms with Gasteiger partial charge in [0.1, 0.15) is 25.9 Å². The molecule has 3 rings (SSSR count). The number of azo groups is 2. The van der Waals surface area contributed by atoms with Gasteiger partial charge in [-0.15, -0.1) is 10.2 Å². The van der Waals surface area contributed by atoms with Gasteiger partial charge in [-0.2, -0.15) is 20.2 Å².